The van der Waals surface area contributed by atoms with E-state index in [4.69, 9.17) is 17.3 Å². The summed E-state index contributed by atoms with van der Waals surface area (Å²) in [4.78, 5) is 8.80. The Kier molecular flexibility index (Phi) is 2.87. The maximum Gasteiger partial charge on any atom is 0.131 e. The molecule has 0 aliphatic heterocycles. The number of hydrogen-bond donors (Lipinski definition) is 1. The third-order valence-corrected chi connectivity index (χ3v) is 3.52. The van der Waals surface area contributed by atoms with Crippen molar-refractivity contribution < 1.29 is 0 Å². The molecule has 0 bridgehead atoms. The van der Waals surface area contributed by atoms with Crippen molar-refractivity contribution in [1.29, 1.82) is 0 Å². The van der Waals surface area contributed by atoms with Gasteiger partial charge in [-0.1, -0.05) is 11.6 Å². The van der Waals surface area contributed by atoms with E-state index in [2.05, 4.69) is 9.97 Å². The van der Waals surface area contributed by atoms with Crippen LogP contribution in [0.15, 0.2) is 36.8 Å². The van der Waals surface area contributed by atoms with Gasteiger partial charge in [0.2, 0.25) is 0 Å². The molecule has 2 aromatic heterocycles. The Morgan fingerprint density at radius 2 is 2.11 bits per heavy atom. The number of anilines is 1. The number of rotatable bonds is 2. The first-order valence-corrected chi connectivity index (χ1v) is 6.44. The van der Waals surface area contributed by atoms with Crippen LogP contribution in [0.5, 0.6) is 0 Å². The normalized spacial score (nSPS) is 11.1. The average Bonchev–Trinajstić information content (AvgIpc) is 2.81. The highest BCUT2D eigenvalue weighted by atomic mass is 35.5. The number of nitrogen functional groups attached to an aromatic ring is 1. The standard InChI is InChI=1S/C14H13ClN4/c1-2-19-8-18-13(14(19)16)10-5-6-11(15)9-4-3-7-17-12(9)10/h3-8H,2,16H2,1H3. The molecule has 0 saturated carbocycles. The molecule has 0 aliphatic rings. The largest absolute Gasteiger partial charge is 0.383 e. The Morgan fingerprint density at radius 1 is 1.26 bits per heavy atom. The van der Waals surface area contributed by atoms with Crippen molar-refractivity contribution in [3.63, 3.8) is 0 Å². The van der Waals surface area contributed by atoms with Crippen LogP contribution in [0, 0.1) is 0 Å². The monoisotopic (exact) mass is 272 g/mol. The maximum absolute atomic E-state index is 6.19. The molecule has 0 unspecified atom stereocenters. The first kappa shape index (κ1) is 12.0. The molecule has 19 heavy (non-hydrogen) atoms. The SMILES string of the molecule is CCn1cnc(-c2ccc(Cl)c3cccnc23)c1N. The molecule has 0 saturated heterocycles. The predicted octanol–water partition coefficient (Wildman–Crippen LogP) is 3.35. The molecule has 3 rings (SSSR count). The lowest BCUT2D eigenvalue weighted by Crippen LogP contribution is -1.99. The van der Waals surface area contributed by atoms with Gasteiger partial charge in [0.05, 0.1) is 16.9 Å². The summed E-state index contributed by atoms with van der Waals surface area (Å²) in [6.07, 6.45) is 3.49. The highest BCUT2D eigenvalue weighted by Crippen LogP contribution is 2.33. The van der Waals surface area contributed by atoms with Crippen LogP contribution < -0.4 is 5.73 Å². The van der Waals surface area contributed by atoms with Crippen LogP contribution in [-0.2, 0) is 6.54 Å². The quantitative estimate of drug-likeness (QED) is 0.778. The van der Waals surface area contributed by atoms with E-state index in [0.29, 0.717) is 10.8 Å². The molecule has 1 aromatic carbocycles. The minimum atomic E-state index is 0.650. The van der Waals surface area contributed by atoms with E-state index in [9.17, 15) is 0 Å². The number of imidazole rings is 1. The molecule has 0 atom stereocenters. The third kappa shape index (κ3) is 1.85. The van der Waals surface area contributed by atoms with Crippen LogP contribution in [0.1, 0.15) is 6.92 Å². The fraction of sp³-hybridized carbons (Fsp3) is 0.143. The third-order valence-electron chi connectivity index (χ3n) is 3.19. The molecular formula is C14H13ClN4. The molecule has 96 valence electrons. The van der Waals surface area contributed by atoms with Gasteiger partial charge >= 0.3 is 0 Å². The molecule has 0 aliphatic carbocycles. The Labute approximate surface area is 115 Å². The van der Waals surface area contributed by atoms with E-state index in [1.54, 1.807) is 12.5 Å². The summed E-state index contributed by atoms with van der Waals surface area (Å²) < 4.78 is 1.90. The summed E-state index contributed by atoms with van der Waals surface area (Å²) >= 11 is 6.19. The van der Waals surface area contributed by atoms with Gasteiger partial charge in [0.15, 0.2) is 0 Å². The van der Waals surface area contributed by atoms with Gasteiger partial charge in [0, 0.05) is 23.7 Å². The average molecular weight is 273 g/mol. The summed E-state index contributed by atoms with van der Waals surface area (Å²) in [6, 6.07) is 7.58. The molecular weight excluding hydrogens is 260 g/mol. The summed E-state index contributed by atoms with van der Waals surface area (Å²) in [5.41, 5.74) is 8.60. The van der Waals surface area contributed by atoms with Crippen molar-refractivity contribution in [2.45, 2.75) is 13.5 Å². The van der Waals surface area contributed by atoms with Gasteiger partial charge in [0.1, 0.15) is 11.5 Å². The highest BCUT2D eigenvalue weighted by Gasteiger charge is 2.14. The summed E-state index contributed by atoms with van der Waals surface area (Å²) in [6.45, 7) is 2.82. The molecule has 0 radical (unpaired) electrons. The second kappa shape index (κ2) is 4.55. The minimum Gasteiger partial charge on any atom is -0.383 e. The van der Waals surface area contributed by atoms with Crippen molar-refractivity contribution in [1.82, 2.24) is 14.5 Å². The number of aromatic nitrogens is 3. The lowest BCUT2D eigenvalue weighted by Gasteiger charge is -2.06. The molecule has 5 heteroatoms. The van der Waals surface area contributed by atoms with E-state index in [1.807, 2.05) is 35.8 Å². The van der Waals surface area contributed by atoms with Gasteiger partial charge in [-0.25, -0.2) is 4.98 Å². The van der Waals surface area contributed by atoms with E-state index in [0.717, 1.165) is 28.7 Å². The Morgan fingerprint density at radius 3 is 2.84 bits per heavy atom. The number of benzene rings is 1. The highest BCUT2D eigenvalue weighted by molar-refractivity contribution is 6.35. The lowest BCUT2D eigenvalue weighted by atomic mass is 10.1. The van der Waals surface area contributed by atoms with Crippen molar-refractivity contribution in [2.24, 2.45) is 0 Å². The van der Waals surface area contributed by atoms with Crippen molar-refractivity contribution in [2.75, 3.05) is 5.73 Å². The van der Waals surface area contributed by atoms with Gasteiger partial charge in [-0.15, -0.1) is 0 Å². The zero-order valence-corrected chi connectivity index (χ0v) is 11.2. The van der Waals surface area contributed by atoms with Crippen LogP contribution >= 0.6 is 11.6 Å². The first-order valence-electron chi connectivity index (χ1n) is 6.06. The van der Waals surface area contributed by atoms with Gasteiger partial charge in [-0.2, -0.15) is 0 Å². The number of hydrogen-bond acceptors (Lipinski definition) is 3. The van der Waals surface area contributed by atoms with Gasteiger partial charge in [-0.05, 0) is 31.2 Å². The summed E-state index contributed by atoms with van der Waals surface area (Å²) in [7, 11) is 0. The van der Waals surface area contributed by atoms with Crippen LogP contribution in [0.3, 0.4) is 0 Å². The van der Waals surface area contributed by atoms with Gasteiger partial charge in [-0.3, -0.25) is 4.98 Å². The number of aryl methyl sites for hydroxylation is 1. The van der Waals surface area contributed by atoms with Crippen LogP contribution in [0.25, 0.3) is 22.2 Å². The van der Waals surface area contributed by atoms with Crippen LogP contribution in [0.2, 0.25) is 5.02 Å². The fourth-order valence-corrected chi connectivity index (χ4v) is 2.40. The van der Waals surface area contributed by atoms with Crippen LogP contribution in [-0.4, -0.2) is 14.5 Å². The molecule has 0 amide bonds. The van der Waals surface area contributed by atoms with Crippen molar-refractivity contribution >= 4 is 28.3 Å². The predicted molar refractivity (Wildman–Crippen MR) is 78.1 cm³/mol. The van der Waals surface area contributed by atoms with Crippen LogP contribution in [0.4, 0.5) is 5.82 Å². The fourth-order valence-electron chi connectivity index (χ4n) is 2.18. The zero-order chi connectivity index (χ0) is 13.4. The van der Waals surface area contributed by atoms with E-state index in [-0.39, 0.29) is 0 Å². The molecule has 2 heterocycles. The number of fused-ring (bicyclic) bond motifs is 1. The first-order chi connectivity index (χ1) is 9.22. The minimum absolute atomic E-state index is 0.650. The number of nitrogens with two attached hydrogens (primary N) is 1. The Hall–Kier alpha value is -2.07. The van der Waals surface area contributed by atoms with Gasteiger partial charge < -0.3 is 10.3 Å². The zero-order valence-electron chi connectivity index (χ0n) is 10.5. The number of halogens is 1. The molecule has 0 spiro atoms. The van der Waals surface area contributed by atoms with Crippen molar-refractivity contribution in [3.05, 3.63) is 41.8 Å². The Bertz CT molecular complexity index is 748. The molecule has 4 nitrogen and oxygen atoms in total. The van der Waals surface area contributed by atoms with E-state index >= 15 is 0 Å². The van der Waals surface area contributed by atoms with E-state index < -0.39 is 0 Å². The molecule has 3 aromatic rings. The van der Waals surface area contributed by atoms with Crippen molar-refractivity contribution in [3.8, 4) is 11.3 Å². The maximum atomic E-state index is 6.19. The smallest absolute Gasteiger partial charge is 0.131 e. The number of pyridine rings is 1. The summed E-state index contributed by atoms with van der Waals surface area (Å²) in [5, 5.41) is 1.59. The van der Waals surface area contributed by atoms with Gasteiger partial charge in [0.25, 0.3) is 0 Å². The molecule has 0 fully saturated rings. The number of nitrogens with zero attached hydrogens (tertiary/aromatic N) is 3. The summed E-state index contributed by atoms with van der Waals surface area (Å²) in [5.74, 6) is 0.650. The second-order valence-electron chi connectivity index (χ2n) is 4.26. The lowest BCUT2D eigenvalue weighted by molar-refractivity contribution is 0.771. The second-order valence-corrected chi connectivity index (χ2v) is 4.67. The topological polar surface area (TPSA) is 56.7 Å². The molecule has 2 N–H and O–H groups in total. The Balaban J connectivity index is 2.31. The van der Waals surface area contributed by atoms with E-state index in [1.165, 1.54) is 0 Å².